The molecule has 0 aliphatic rings. The Morgan fingerprint density at radius 2 is 2.14 bits per heavy atom. The van der Waals surface area contributed by atoms with Crippen molar-refractivity contribution < 1.29 is 4.79 Å². The number of carbonyl (C=O) groups excluding carboxylic acids is 1. The maximum atomic E-state index is 12.3. The summed E-state index contributed by atoms with van der Waals surface area (Å²) < 4.78 is 3.53. The Labute approximate surface area is 137 Å². The van der Waals surface area contributed by atoms with E-state index in [9.17, 15) is 4.79 Å². The number of hydrogen-bond donors (Lipinski definition) is 1. The van der Waals surface area contributed by atoms with Crippen molar-refractivity contribution in [1.29, 1.82) is 0 Å². The van der Waals surface area contributed by atoms with E-state index in [1.54, 1.807) is 6.07 Å². The fourth-order valence-corrected chi connectivity index (χ4v) is 3.50. The second kappa shape index (κ2) is 5.74. The lowest BCUT2D eigenvalue weighted by molar-refractivity contribution is 0.0951. The van der Waals surface area contributed by atoms with Crippen molar-refractivity contribution in [1.82, 2.24) is 14.9 Å². The van der Waals surface area contributed by atoms with E-state index < -0.39 is 0 Å². The van der Waals surface area contributed by atoms with Crippen molar-refractivity contribution in [3.8, 4) is 0 Å². The molecule has 0 bridgehead atoms. The summed E-state index contributed by atoms with van der Waals surface area (Å²) in [7, 11) is 2.03. The molecule has 2 aromatic heterocycles. The van der Waals surface area contributed by atoms with Crippen LogP contribution in [-0.4, -0.2) is 15.5 Å². The maximum Gasteiger partial charge on any atom is 0.251 e. The van der Waals surface area contributed by atoms with Crippen LogP contribution in [-0.2, 0) is 13.6 Å². The van der Waals surface area contributed by atoms with E-state index in [2.05, 4.69) is 34.8 Å². The molecule has 114 valence electrons. The first-order valence-electron chi connectivity index (χ1n) is 6.92. The number of rotatable bonds is 3. The second-order valence-corrected chi connectivity index (χ2v) is 6.90. The molecular weight excluding hydrogens is 318 g/mol. The minimum absolute atomic E-state index is 0.0904. The number of amides is 1. The number of halogens is 1. The maximum absolute atomic E-state index is 12.3. The van der Waals surface area contributed by atoms with Gasteiger partial charge in [0.1, 0.15) is 0 Å². The molecule has 0 fully saturated rings. The number of hydrogen-bond acceptors (Lipinski definition) is 3. The van der Waals surface area contributed by atoms with E-state index in [1.165, 1.54) is 22.7 Å². The summed E-state index contributed by atoms with van der Waals surface area (Å²) in [6, 6.07) is 7.53. The first-order valence-corrected chi connectivity index (χ1v) is 8.11. The molecule has 0 saturated carbocycles. The van der Waals surface area contributed by atoms with E-state index in [4.69, 9.17) is 11.6 Å². The molecule has 1 aromatic carbocycles. The smallest absolute Gasteiger partial charge is 0.251 e. The van der Waals surface area contributed by atoms with Crippen molar-refractivity contribution in [2.24, 2.45) is 7.05 Å². The fourth-order valence-electron chi connectivity index (χ4n) is 2.43. The monoisotopic (exact) mass is 333 g/mol. The molecule has 4 nitrogen and oxygen atoms in total. The number of benzene rings is 1. The van der Waals surface area contributed by atoms with Crippen LogP contribution in [0.5, 0.6) is 0 Å². The van der Waals surface area contributed by atoms with Crippen LogP contribution < -0.4 is 5.32 Å². The van der Waals surface area contributed by atoms with Crippen LogP contribution in [0, 0.1) is 13.8 Å². The number of fused-ring (bicyclic) bond motifs is 1. The predicted molar refractivity (Wildman–Crippen MR) is 90.7 cm³/mol. The fraction of sp³-hybridized carbons (Fsp3) is 0.250. The van der Waals surface area contributed by atoms with Crippen LogP contribution in [0.15, 0.2) is 24.3 Å². The minimum Gasteiger partial charge on any atom is -0.352 e. The molecule has 3 aromatic rings. The minimum atomic E-state index is -0.0904. The standard InChI is InChI=1S/C16H16ClN3OS/c1-9-6-12(10(2)20(9)3)8-18-15(21)11-4-5-13-14(7-11)22-16(17)19-13/h4-7H,8H2,1-3H3,(H,18,21). The van der Waals surface area contributed by atoms with E-state index in [1.807, 2.05) is 19.2 Å². The zero-order chi connectivity index (χ0) is 15.9. The summed E-state index contributed by atoms with van der Waals surface area (Å²) in [5, 5.41) is 2.97. The Bertz CT molecular complexity index is 866. The summed E-state index contributed by atoms with van der Waals surface area (Å²) in [4.78, 5) is 16.5. The van der Waals surface area contributed by atoms with E-state index in [0.29, 0.717) is 16.6 Å². The van der Waals surface area contributed by atoms with Crippen molar-refractivity contribution in [2.45, 2.75) is 20.4 Å². The summed E-state index contributed by atoms with van der Waals surface area (Å²) in [5.41, 5.74) is 4.93. The predicted octanol–water partition coefficient (Wildman–Crippen LogP) is 3.84. The van der Waals surface area contributed by atoms with Gasteiger partial charge in [-0.05, 0) is 43.7 Å². The summed E-state index contributed by atoms with van der Waals surface area (Å²) in [5.74, 6) is -0.0904. The van der Waals surface area contributed by atoms with Gasteiger partial charge in [0, 0.05) is 30.5 Å². The zero-order valence-electron chi connectivity index (χ0n) is 12.6. The first-order chi connectivity index (χ1) is 10.5. The Morgan fingerprint density at radius 3 is 2.82 bits per heavy atom. The highest BCUT2D eigenvalue weighted by molar-refractivity contribution is 7.22. The van der Waals surface area contributed by atoms with Gasteiger partial charge >= 0.3 is 0 Å². The van der Waals surface area contributed by atoms with E-state index >= 15 is 0 Å². The van der Waals surface area contributed by atoms with Crippen molar-refractivity contribution in [3.63, 3.8) is 0 Å². The normalized spacial score (nSPS) is 11.1. The van der Waals surface area contributed by atoms with Crippen molar-refractivity contribution in [3.05, 3.63) is 51.2 Å². The number of aryl methyl sites for hydroxylation is 1. The molecule has 0 atom stereocenters. The molecule has 2 heterocycles. The lowest BCUT2D eigenvalue weighted by atomic mass is 10.2. The average molecular weight is 334 g/mol. The average Bonchev–Trinajstić information content (AvgIpc) is 2.98. The van der Waals surface area contributed by atoms with Gasteiger partial charge in [-0.2, -0.15) is 0 Å². The van der Waals surface area contributed by atoms with Gasteiger partial charge in [0.2, 0.25) is 0 Å². The molecule has 0 spiro atoms. The quantitative estimate of drug-likeness (QED) is 0.791. The SMILES string of the molecule is Cc1cc(CNC(=O)c2ccc3nc(Cl)sc3c2)c(C)n1C. The first kappa shape index (κ1) is 15.1. The summed E-state index contributed by atoms with van der Waals surface area (Å²) in [6.45, 7) is 4.63. The van der Waals surface area contributed by atoms with Gasteiger partial charge in [-0.1, -0.05) is 11.6 Å². The van der Waals surface area contributed by atoms with E-state index in [-0.39, 0.29) is 5.91 Å². The molecule has 0 aliphatic carbocycles. The zero-order valence-corrected chi connectivity index (χ0v) is 14.2. The molecule has 6 heteroatoms. The molecule has 0 unspecified atom stereocenters. The summed E-state index contributed by atoms with van der Waals surface area (Å²) in [6.07, 6.45) is 0. The highest BCUT2D eigenvalue weighted by atomic mass is 35.5. The Kier molecular flexibility index (Phi) is 3.93. The van der Waals surface area contributed by atoms with Gasteiger partial charge in [0.15, 0.2) is 4.47 Å². The molecule has 0 aliphatic heterocycles. The van der Waals surface area contributed by atoms with Crippen molar-refractivity contribution in [2.75, 3.05) is 0 Å². The van der Waals surface area contributed by atoms with Gasteiger partial charge in [-0.15, -0.1) is 11.3 Å². The lowest BCUT2D eigenvalue weighted by Gasteiger charge is -2.06. The number of nitrogens with zero attached hydrogens (tertiary/aromatic N) is 2. The van der Waals surface area contributed by atoms with Crippen LogP contribution in [0.2, 0.25) is 4.47 Å². The largest absolute Gasteiger partial charge is 0.352 e. The molecular formula is C16H16ClN3OS. The van der Waals surface area contributed by atoms with Crippen LogP contribution in [0.4, 0.5) is 0 Å². The summed E-state index contributed by atoms with van der Waals surface area (Å²) >= 11 is 7.27. The highest BCUT2D eigenvalue weighted by Gasteiger charge is 2.11. The molecule has 3 rings (SSSR count). The van der Waals surface area contributed by atoms with Crippen LogP contribution in [0.25, 0.3) is 10.2 Å². The third-order valence-electron chi connectivity index (χ3n) is 3.94. The number of carbonyl (C=O) groups is 1. The third kappa shape index (κ3) is 2.74. The molecule has 0 radical (unpaired) electrons. The van der Waals surface area contributed by atoms with Gasteiger partial charge in [-0.3, -0.25) is 4.79 Å². The van der Waals surface area contributed by atoms with Crippen LogP contribution in [0.1, 0.15) is 27.3 Å². The topological polar surface area (TPSA) is 46.9 Å². The highest BCUT2D eigenvalue weighted by Crippen LogP contribution is 2.26. The van der Waals surface area contributed by atoms with Gasteiger partial charge < -0.3 is 9.88 Å². The number of thiazole rings is 1. The van der Waals surface area contributed by atoms with Gasteiger partial charge in [0.05, 0.1) is 10.2 Å². The molecule has 1 N–H and O–H groups in total. The molecule has 0 saturated heterocycles. The van der Waals surface area contributed by atoms with Gasteiger partial charge in [0.25, 0.3) is 5.91 Å². The molecule has 22 heavy (non-hydrogen) atoms. The van der Waals surface area contributed by atoms with Crippen LogP contribution >= 0.6 is 22.9 Å². The second-order valence-electron chi connectivity index (χ2n) is 5.29. The number of nitrogens with one attached hydrogen (secondary N) is 1. The molecule has 1 amide bonds. The van der Waals surface area contributed by atoms with Crippen molar-refractivity contribution >= 4 is 39.1 Å². The lowest BCUT2D eigenvalue weighted by Crippen LogP contribution is -2.22. The Balaban J connectivity index is 1.76. The van der Waals surface area contributed by atoms with E-state index in [0.717, 1.165) is 15.8 Å². The Hall–Kier alpha value is -1.85. The number of aromatic nitrogens is 2. The third-order valence-corrected chi connectivity index (χ3v) is 5.07. The Morgan fingerprint density at radius 1 is 1.36 bits per heavy atom. The van der Waals surface area contributed by atoms with Gasteiger partial charge in [-0.25, -0.2) is 4.98 Å². The van der Waals surface area contributed by atoms with Crippen LogP contribution in [0.3, 0.4) is 0 Å².